The first kappa shape index (κ1) is 15.6. The lowest BCUT2D eigenvalue weighted by Crippen LogP contribution is -2.24. The van der Waals surface area contributed by atoms with Crippen LogP contribution in [0, 0.1) is 12.7 Å². The van der Waals surface area contributed by atoms with Crippen molar-refractivity contribution in [1.29, 1.82) is 0 Å². The molecule has 0 bridgehead atoms. The van der Waals surface area contributed by atoms with Crippen LogP contribution in [0.2, 0.25) is 0 Å². The Morgan fingerprint density at radius 1 is 1.45 bits per heavy atom. The molecule has 1 aromatic carbocycles. The minimum atomic E-state index is -0.222. The van der Waals surface area contributed by atoms with Crippen molar-refractivity contribution < 1.29 is 4.39 Å². The van der Waals surface area contributed by atoms with E-state index in [0.29, 0.717) is 0 Å². The Labute approximate surface area is 131 Å². The lowest BCUT2D eigenvalue weighted by molar-refractivity contribution is 0.524. The van der Waals surface area contributed by atoms with Crippen molar-refractivity contribution in [3.8, 4) is 0 Å². The monoisotopic (exact) mass is 356 g/mol. The van der Waals surface area contributed by atoms with E-state index >= 15 is 0 Å². The third-order valence-corrected chi connectivity index (χ3v) is 4.70. The zero-order valence-electron chi connectivity index (χ0n) is 11.6. The number of nitrogens with one attached hydrogen (secondary N) is 1. The molecule has 0 radical (unpaired) electrons. The van der Waals surface area contributed by atoms with E-state index in [1.165, 1.54) is 12.1 Å². The first-order valence-electron chi connectivity index (χ1n) is 6.69. The molecule has 0 fully saturated rings. The van der Waals surface area contributed by atoms with Gasteiger partial charge < -0.3 is 5.32 Å². The molecule has 1 unspecified atom stereocenters. The highest BCUT2D eigenvalue weighted by Crippen LogP contribution is 2.28. The summed E-state index contributed by atoms with van der Waals surface area (Å²) in [7, 11) is 0. The van der Waals surface area contributed by atoms with E-state index in [4.69, 9.17) is 0 Å². The van der Waals surface area contributed by atoms with Crippen LogP contribution in [0.25, 0.3) is 0 Å². The van der Waals surface area contributed by atoms with Crippen LogP contribution < -0.4 is 5.32 Å². The molecule has 108 valence electrons. The molecule has 0 aliphatic heterocycles. The molecule has 1 heterocycles. The summed E-state index contributed by atoms with van der Waals surface area (Å²) in [5.41, 5.74) is 2.13. The van der Waals surface area contributed by atoms with E-state index in [1.807, 2.05) is 13.0 Å². The number of rotatable bonds is 6. The van der Waals surface area contributed by atoms with Gasteiger partial charge in [0.05, 0.1) is 5.01 Å². The molecular weight excluding hydrogens is 339 g/mol. The molecule has 1 N–H and O–H groups in total. The Balaban J connectivity index is 2.22. The Bertz CT molecular complexity index is 571. The molecule has 2 nitrogen and oxygen atoms in total. The van der Waals surface area contributed by atoms with Crippen molar-refractivity contribution in [1.82, 2.24) is 10.3 Å². The van der Waals surface area contributed by atoms with Gasteiger partial charge in [0.1, 0.15) is 5.82 Å². The van der Waals surface area contributed by atoms with Gasteiger partial charge in [-0.3, -0.25) is 0 Å². The molecule has 5 heteroatoms. The second kappa shape index (κ2) is 7.29. The number of hydrogen-bond acceptors (Lipinski definition) is 3. The molecule has 1 aromatic heterocycles. The molecule has 0 aliphatic rings. The van der Waals surface area contributed by atoms with E-state index in [2.05, 4.69) is 38.5 Å². The van der Waals surface area contributed by atoms with Crippen LogP contribution in [0.5, 0.6) is 0 Å². The number of aromatic nitrogens is 1. The number of halogens is 2. The number of benzene rings is 1. The summed E-state index contributed by atoms with van der Waals surface area (Å²) in [6.45, 7) is 5.07. The van der Waals surface area contributed by atoms with Gasteiger partial charge in [-0.1, -0.05) is 28.9 Å². The van der Waals surface area contributed by atoms with Gasteiger partial charge in [0.25, 0.3) is 0 Å². The van der Waals surface area contributed by atoms with Gasteiger partial charge in [-0.2, -0.15) is 0 Å². The highest BCUT2D eigenvalue weighted by molar-refractivity contribution is 9.10. The van der Waals surface area contributed by atoms with Gasteiger partial charge >= 0.3 is 0 Å². The van der Waals surface area contributed by atoms with Gasteiger partial charge in [-0.15, -0.1) is 11.3 Å². The third-order valence-electron chi connectivity index (χ3n) is 3.02. The number of hydrogen-bond donors (Lipinski definition) is 1. The van der Waals surface area contributed by atoms with Crippen molar-refractivity contribution in [2.45, 2.75) is 32.7 Å². The largest absolute Gasteiger partial charge is 0.310 e. The average molecular weight is 357 g/mol. The van der Waals surface area contributed by atoms with E-state index < -0.39 is 0 Å². The highest BCUT2D eigenvalue weighted by atomic mass is 79.9. The Hall–Kier alpha value is -0.780. The van der Waals surface area contributed by atoms with Crippen LogP contribution >= 0.6 is 27.3 Å². The maximum atomic E-state index is 13.2. The molecule has 0 aliphatic carbocycles. The van der Waals surface area contributed by atoms with Crippen LogP contribution in [0.4, 0.5) is 4.39 Å². The third kappa shape index (κ3) is 4.11. The topological polar surface area (TPSA) is 24.9 Å². The zero-order chi connectivity index (χ0) is 14.5. The van der Waals surface area contributed by atoms with Crippen LogP contribution in [0.15, 0.2) is 28.1 Å². The molecule has 0 saturated heterocycles. The minimum Gasteiger partial charge on any atom is -0.310 e. The summed E-state index contributed by atoms with van der Waals surface area (Å²) in [5.74, 6) is -0.222. The van der Waals surface area contributed by atoms with Crippen LogP contribution in [-0.4, -0.2) is 11.5 Å². The fraction of sp³-hybridized carbons (Fsp3) is 0.400. The van der Waals surface area contributed by atoms with Crippen molar-refractivity contribution in [3.63, 3.8) is 0 Å². The van der Waals surface area contributed by atoms with E-state index in [0.717, 1.165) is 40.1 Å². The summed E-state index contributed by atoms with van der Waals surface area (Å²) in [4.78, 5) is 4.52. The number of aryl methyl sites for hydroxylation is 1. The Morgan fingerprint density at radius 3 is 2.85 bits per heavy atom. The second-order valence-electron chi connectivity index (χ2n) is 4.76. The fourth-order valence-electron chi connectivity index (χ4n) is 2.07. The van der Waals surface area contributed by atoms with Crippen molar-refractivity contribution in [2.75, 3.05) is 6.54 Å². The molecule has 0 saturated carbocycles. The standard InChI is InChI=1S/C15H18BrFN2S/c1-3-6-18-14(8-15-19-10(2)9-20-15)12-5-4-11(17)7-13(12)16/h4-5,7,9,14,18H,3,6,8H2,1-2H3. The van der Waals surface area contributed by atoms with Gasteiger partial charge in [0.15, 0.2) is 0 Å². The predicted molar refractivity (Wildman–Crippen MR) is 85.7 cm³/mol. The van der Waals surface area contributed by atoms with Gasteiger partial charge in [-0.05, 0) is 37.6 Å². The molecule has 20 heavy (non-hydrogen) atoms. The Morgan fingerprint density at radius 2 is 2.25 bits per heavy atom. The molecule has 2 aromatic rings. The quantitative estimate of drug-likeness (QED) is 0.815. The normalized spacial score (nSPS) is 12.6. The molecule has 0 spiro atoms. The molecule has 2 rings (SSSR count). The molecule has 1 atom stereocenters. The SMILES string of the molecule is CCCNC(Cc1nc(C)cs1)c1ccc(F)cc1Br. The van der Waals surface area contributed by atoms with Crippen molar-refractivity contribution in [3.05, 3.63) is 50.1 Å². The smallest absolute Gasteiger partial charge is 0.124 e. The number of thiazole rings is 1. The predicted octanol–water partition coefficient (Wildman–Crippen LogP) is 4.64. The summed E-state index contributed by atoms with van der Waals surface area (Å²) >= 11 is 5.14. The maximum absolute atomic E-state index is 13.2. The van der Waals surface area contributed by atoms with Gasteiger partial charge in [-0.25, -0.2) is 9.37 Å². The second-order valence-corrected chi connectivity index (χ2v) is 6.56. The first-order valence-corrected chi connectivity index (χ1v) is 8.36. The summed E-state index contributed by atoms with van der Waals surface area (Å²) < 4.78 is 14.0. The van der Waals surface area contributed by atoms with Crippen molar-refractivity contribution in [2.24, 2.45) is 0 Å². The first-order chi connectivity index (χ1) is 9.60. The van der Waals surface area contributed by atoms with E-state index in [1.54, 1.807) is 11.3 Å². The lowest BCUT2D eigenvalue weighted by atomic mass is 10.0. The molecular formula is C15H18BrFN2S. The minimum absolute atomic E-state index is 0.149. The highest BCUT2D eigenvalue weighted by Gasteiger charge is 2.16. The van der Waals surface area contributed by atoms with Crippen LogP contribution in [-0.2, 0) is 6.42 Å². The van der Waals surface area contributed by atoms with E-state index in [9.17, 15) is 4.39 Å². The Kier molecular flexibility index (Phi) is 5.69. The number of nitrogens with zero attached hydrogens (tertiary/aromatic N) is 1. The maximum Gasteiger partial charge on any atom is 0.124 e. The molecule has 0 amide bonds. The van der Waals surface area contributed by atoms with Crippen LogP contribution in [0.1, 0.15) is 35.7 Å². The average Bonchev–Trinajstić information content (AvgIpc) is 2.80. The van der Waals surface area contributed by atoms with Crippen molar-refractivity contribution >= 4 is 27.3 Å². The van der Waals surface area contributed by atoms with E-state index in [-0.39, 0.29) is 11.9 Å². The zero-order valence-corrected chi connectivity index (χ0v) is 14.0. The van der Waals surface area contributed by atoms with Gasteiger partial charge in [0, 0.05) is 28.0 Å². The van der Waals surface area contributed by atoms with Gasteiger partial charge in [0.2, 0.25) is 0 Å². The summed E-state index contributed by atoms with van der Waals surface area (Å²) in [6, 6.07) is 5.01. The summed E-state index contributed by atoms with van der Waals surface area (Å²) in [5, 5.41) is 6.68. The fourth-order valence-corrected chi connectivity index (χ4v) is 3.51. The summed E-state index contributed by atoms with van der Waals surface area (Å²) in [6.07, 6.45) is 1.88. The lowest BCUT2D eigenvalue weighted by Gasteiger charge is -2.19. The van der Waals surface area contributed by atoms with Crippen LogP contribution in [0.3, 0.4) is 0 Å².